The predicted molar refractivity (Wildman–Crippen MR) is 88.1 cm³/mol. The molecule has 0 aliphatic rings. The van der Waals surface area contributed by atoms with Gasteiger partial charge in [0.05, 0.1) is 4.92 Å². The van der Waals surface area contributed by atoms with Crippen LogP contribution in [0.1, 0.15) is 16.7 Å². The van der Waals surface area contributed by atoms with Gasteiger partial charge in [-0.05, 0) is 25.5 Å². The van der Waals surface area contributed by atoms with Gasteiger partial charge in [0.15, 0.2) is 0 Å². The quantitative estimate of drug-likeness (QED) is 0.500. The fourth-order valence-electron chi connectivity index (χ4n) is 2.24. The van der Waals surface area contributed by atoms with E-state index in [2.05, 4.69) is 37.4 Å². The number of thioether (sulfide) groups is 1. The van der Waals surface area contributed by atoms with Gasteiger partial charge in [0, 0.05) is 35.5 Å². The maximum atomic E-state index is 11.0. The van der Waals surface area contributed by atoms with Gasteiger partial charge >= 0.3 is 0 Å². The first kappa shape index (κ1) is 15.4. The highest BCUT2D eigenvalue weighted by atomic mass is 32.2. The number of anilines is 1. The molecule has 0 aliphatic carbocycles. The van der Waals surface area contributed by atoms with Crippen LogP contribution in [-0.2, 0) is 5.75 Å². The smallest absolute Gasteiger partial charge is 0.272 e. The second kappa shape index (κ2) is 6.63. The molecule has 0 aromatic heterocycles. The normalized spacial score (nSPS) is 10.4. The van der Waals surface area contributed by atoms with Crippen LogP contribution in [0, 0.1) is 24.0 Å². The van der Waals surface area contributed by atoms with E-state index in [1.54, 1.807) is 30.9 Å². The third-order valence-electron chi connectivity index (χ3n) is 3.08. The summed E-state index contributed by atoms with van der Waals surface area (Å²) in [6.45, 7) is 4.15. The summed E-state index contributed by atoms with van der Waals surface area (Å²) in [5.41, 5.74) is 4.58. The molecule has 0 heterocycles. The Balaban J connectivity index is 2.19. The fraction of sp³-hybridized carbons (Fsp3) is 0.250. The lowest BCUT2D eigenvalue weighted by molar-refractivity contribution is -0.385. The molecule has 110 valence electrons. The standard InChI is InChI=1S/C16H18N2O2S/c1-11-4-12(2)6-13(5-11)10-21-16-8-14(17-3)7-15(9-16)18(19)20/h4-9,17H,10H2,1-3H3. The molecule has 0 bridgehead atoms. The summed E-state index contributed by atoms with van der Waals surface area (Å²) in [6.07, 6.45) is 0. The van der Waals surface area contributed by atoms with Crippen molar-refractivity contribution in [1.29, 1.82) is 0 Å². The number of non-ortho nitro benzene ring substituents is 1. The average molecular weight is 302 g/mol. The highest BCUT2D eigenvalue weighted by Crippen LogP contribution is 2.30. The average Bonchev–Trinajstić information content (AvgIpc) is 2.43. The Hall–Kier alpha value is -2.01. The Morgan fingerprint density at radius 1 is 1.10 bits per heavy atom. The molecule has 0 saturated carbocycles. The van der Waals surface area contributed by atoms with Gasteiger partial charge in [0.2, 0.25) is 0 Å². The molecule has 0 fully saturated rings. The van der Waals surface area contributed by atoms with E-state index in [0.29, 0.717) is 0 Å². The molecule has 0 aliphatic heterocycles. The van der Waals surface area contributed by atoms with E-state index in [0.717, 1.165) is 16.3 Å². The number of nitro groups is 1. The van der Waals surface area contributed by atoms with Crippen LogP contribution in [-0.4, -0.2) is 12.0 Å². The zero-order chi connectivity index (χ0) is 15.4. The van der Waals surface area contributed by atoms with Crippen LogP contribution in [0.2, 0.25) is 0 Å². The van der Waals surface area contributed by atoms with Crippen molar-refractivity contribution in [3.63, 3.8) is 0 Å². The molecule has 5 heteroatoms. The van der Waals surface area contributed by atoms with E-state index in [9.17, 15) is 10.1 Å². The van der Waals surface area contributed by atoms with Crippen LogP contribution < -0.4 is 5.32 Å². The highest BCUT2D eigenvalue weighted by Gasteiger charge is 2.10. The number of nitrogens with one attached hydrogen (secondary N) is 1. The number of rotatable bonds is 5. The number of nitro benzene ring substituents is 1. The summed E-state index contributed by atoms with van der Waals surface area (Å²) < 4.78 is 0. The molecule has 0 unspecified atom stereocenters. The lowest BCUT2D eigenvalue weighted by Gasteiger charge is -2.07. The minimum atomic E-state index is -0.359. The highest BCUT2D eigenvalue weighted by molar-refractivity contribution is 7.98. The fourth-order valence-corrected chi connectivity index (χ4v) is 3.15. The minimum Gasteiger partial charge on any atom is -0.388 e. The van der Waals surface area contributed by atoms with Gasteiger partial charge in [0.1, 0.15) is 0 Å². The van der Waals surface area contributed by atoms with E-state index in [4.69, 9.17) is 0 Å². The maximum Gasteiger partial charge on any atom is 0.272 e. The Morgan fingerprint density at radius 2 is 1.76 bits per heavy atom. The molecule has 2 aromatic carbocycles. The second-order valence-electron chi connectivity index (χ2n) is 5.01. The van der Waals surface area contributed by atoms with Gasteiger partial charge in [-0.2, -0.15) is 0 Å². The van der Waals surface area contributed by atoms with Crippen LogP contribution in [0.5, 0.6) is 0 Å². The van der Waals surface area contributed by atoms with Gasteiger partial charge in [-0.1, -0.05) is 29.3 Å². The van der Waals surface area contributed by atoms with Gasteiger partial charge in [-0.25, -0.2) is 0 Å². The number of benzene rings is 2. The van der Waals surface area contributed by atoms with Crippen LogP contribution >= 0.6 is 11.8 Å². The zero-order valence-electron chi connectivity index (χ0n) is 12.3. The molecule has 1 N–H and O–H groups in total. The van der Waals surface area contributed by atoms with Crippen molar-refractivity contribution >= 4 is 23.1 Å². The number of hydrogen-bond acceptors (Lipinski definition) is 4. The molecule has 2 rings (SSSR count). The first-order chi connectivity index (χ1) is 9.97. The Morgan fingerprint density at radius 3 is 2.33 bits per heavy atom. The number of hydrogen-bond donors (Lipinski definition) is 1. The minimum absolute atomic E-state index is 0.116. The molecule has 2 aromatic rings. The van der Waals surface area contributed by atoms with Gasteiger partial charge < -0.3 is 5.32 Å². The summed E-state index contributed by atoms with van der Waals surface area (Å²) in [7, 11) is 1.76. The van der Waals surface area contributed by atoms with Gasteiger partial charge in [0.25, 0.3) is 5.69 Å². The van der Waals surface area contributed by atoms with E-state index in [-0.39, 0.29) is 10.6 Å². The number of nitrogens with zero attached hydrogens (tertiary/aromatic N) is 1. The van der Waals surface area contributed by atoms with E-state index in [1.807, 2.05) is 6.07 Å². The van der Waals surface area contributed by atoms with Crippen LogP contribution in [0.15, 0.2) is 41.3 Å². The van der Waals surface area contributed by atoms with Crippen LogP contribution in [0.4, 0.5) is 11.4 Å². The Bertz CT molecular complexity index is 651. The summed E-state index contributed by atoms with van der Waals surface area (Å²) in [5, 5.41) is 13.9. The van der Waals surface area contributed by atoms with Crippen molar-refractivity contribution in [1.82, 2.24) is 0 Å². The SMILES string of the molecule is CNc1cc(SCc2cc(C)cc(C)c2)cc([N+](=O)[O-])c1. The van der Waals surface area contributed by atoms with Gasteiger partial charge in [-0.15, -0.1) is 11.8 Å². The lowest BCUT2D eigenvalue weighted by Crippen LogP contribution is -1.93. The molecule has 0 atom stereocenters. The van der Waals surface area contributed by atoms with Crippen molar-refractivity contribution in [2.75, 3.05) is 12.4 Å². The first-order valence-electron chi connectivity index (χ1n) is 6.65. The van der Waals surface area contributed by atoms with Crippen molar-refractivity contribution in [3.05, 3.63) is 63.2 Å². The topological polar surface area (TPSA) is 55.2 Å². The largest absolute Gasteiger partial charge is 0.388 e. The van der Waals surface area contributed by atoms with E-state index < -0.39 is 0 Å². The molecule has 0 saturated heterocycles. The Kier molecular flexibility index (Phi) is 4.85. The third-order valence-corrected chi connectivity index (χ3v) is 4.12. The summed E-state index contributed by atoms with van der Waals surface area (Å²) in [4.78, 5) is 11.5. The van der Waals surface area contributed by atoms with Gasteiger partial charge in [-0.3, -0.25) is 10.1 Å². The number of aryl methyl sites for hydroxylation is 2. The second-order valence-corrected chi connectivity index (χ2v) is 6.06. The third kappa shape index (κ3) is 4.23. The molecule has 0 spiro atoms. The summed E-state index contributed by atoms with van der Waals surface area (Å²) >= 11 is 1.61. The maximum absolute atomic E-state index is 11.0. The molecule has 4 nitrogen and oxygen atoms in total. The van der Waals surface area contributed by atoms with Crippen molar-refractivity contribution in [2.45, 2.75) is 24.5 Å². The molecule has 21 heavy (non-hydrogen) atoms. The predicted octanol–water partition coefficient (Wildman–Crippen LogP) is 4.55. The van der Waals surface area contributed by atoms with Crippen LogP contribution in [0.3, 0.4) is 0 Å². The summed E-state index contributed by atoms with van der Waals surface area (Å²) in [5.74, 6) is 0.798. The van der Waals surface area contributed by atoms with Crippen molar-refractivity contribution in [3.8, 4) is 0 Å². The van der Waals surface area contributed by atoms with E-state index in [1.165, 1.54) is 16.7 Å². The molecular weight excluding hydrogens is 284 g/mol. The first-order valence-corrected chi connectivity index (χ1v) is 7.63. The van der Waals surface area contributed by atoms with E-state index >= 15 is 0 Å². The molecule has 0 amide bonds. The monoisotopic (exact) mass is 302 g/mol. The Labute approximate surface area is 128 Å². The van der Waals surface area contributed by atoms with Crippen molar-refractivity contribution in [2.24, 2.45) is 0 Å². The lowest BCUT2D eigenvalue weighted by atomic mass is 10.1. The molecular formula is C16H18N2O2S. The molecule has 0 radical (unpaired) electrons. The zero-order valence-corrected chi connectivity index (χ0v) is 13.2. The van der Waals surface area contributed by atoms with Crippen molar-refractivity contribution < 1.29 is 4.92 Å². The summed E-state index contributed by atoms with van der Waals surface area (Å²) in [6, 6.07) is 11.5. The van der Waals surface area contributed by atoms with Crippen LogP contribution in [0.25, 0.3) is 0 Å².